The molecule has 0 bridgehead atoms. The van der Waals surface area contributed by atoms with Gasteiger partial charge in [0.15, 0.2) is 0 Å². The number of hydrogen-bond donors (Lipinski definition) is 0. The van der Waals surface area contributed by atoms with Gasteiger partial charge in [0, 0.05) is 6.07 Å². The first-order chi connectivity index (χ1) is 8.74. The molecule has 0 heterocycles. The van der Waals surface area contributed by atoms with Crippen molar-refractivity contribution in [2.24, 2.45) is 0 Å². The summed E-state index contributed by atoms with van der Waals surface area (Å²) in [6.45, 7) is 1.56. The summed E-state index contributed by atoms with van der Waals surface area (Å²) in [6, 6.07) is 2.31. The number of nitro groups is 1. The Kier molecular flexibility index (Phi) is 4.30. The van der Waals surface area contributed by atoms with Crippen molar-refractivity contribution in [3.63, 3.8) is 0 Å². The standard InChI is InChI=1S/C10H8F3NO5/c1-2-18-9(15)6-3-4-8(19-10(11,12)13)7(5-6)14(16)17/h3-5H,2H2,1H3. The average molecular weight is 279 g/mol. The number of halogens is 3. The molecular formula is C10H8F3NO5. The Bertz CT molecular complexity index is 500. The molecule has 0 unspecified atom stereocenters. The van der Waals surface area contributed by atoms with E-state index < -0.39 is 28.7 Å². The number of nitro benzene ring substituents is 1. The smallest absolute Gasteiger partial charge is 0.462 e. The summed E-state index contributed by atoms with van der Waals surface area (Å²) in [7, 11) is 0. The fraction of sp³-hybridized carbons (Fsp3) is 0.300. The first kappa shape index (κ1) is 14.7. The topological polar surface area (TPSA) is 78.7 Å². The van der Waals surface area contributed by atoms with Crippen molar-refractivity contribution < 1.29 is 32.4 Å². The van der Waals surface area contributed by atoms with Crippen LogP contribution < -0.4 is 4.74 Å². The van der Waals surface area contributed by atoms with Gasteiger partial charge in [-0.05, 0) is 19.1 Å². The fourth-order valence-corrected chi connectivity index (χ4v) is 1.21. The summed E-state index contributed by atoms with van der Waals surface area (Å²) in [4.78, 5) is 20.9. The minimum Gasteiger partial charge on any atom is -0.462 e. The van der Waals surface area contributed by atoms with Crippen molar-refractivity contribution in [1.29, 1.82) is 0 Å². The van der Waals surface area contributed by atoms with Crippen LogP contribution in [0, 0.1) is 10.1 Å². The van der Waals surface area contributed by atoms with Crippen LogP contribution in [0.25, 0.3) is 0 Å². The molecule has 0 spiro atoms. The van der Waals surface area contributed by atoms with E-state index in [0.717, 1.165) is 6.07 Å². The maximum Gasteiger partial charge on any atom is 0.573 e. The Morgan fingerprint density at radius 1 is 1.42 bits per heavy atom. The lowest BCUT2D eigenvalue weighted by Gasteiger charge is -2.09. The number of esters is 1. The highest BCUT2D eigenvalue weighted by Crippen LogP contribution is 2.32. The molecule has 0 fully saturated rings. The Hall–Kier alpha value is -2.32. The van der Waals surface area contributed by atoms with Crippen molar-refractivity contribution >= 4 is 11.7 Å². The van der Waals surface area contributed by atoms with E-state index in [2.05, 4.69) is 9.47 Å². The van der Waals surface area contributed by atoms with Gasteiger partial charge in [-0.1, -0.05) is 0 Å². The van der Waals surface area contributed by atoms with Crippen molar-refractivity contribution in [2.75, 3.05) is 6.61 Å². The minimum atomic E-state index is -5.06. The Morgan fingerprint density at radius 3 is 2.53 bits per heavy atom. The number of carbonyl (C=O) groups is 1. The zero-order valence-electron chi connectivity index (χ0n) is 9.56. The molecule has 0 aromatic heterocycles. The monoisotopic (exact) mass is 279 g/mol. The quantitative estimate of drug-likeness (QED) is 0.481. The minimum absolute atomic E-state index is 0.0352. The van der Waals surface area contributed by atoms with Gasteiger partial charge in [-0.25, -0.2) is 4.79 Å². The van der Waals surface area contributed by atoms with Gasteiger partial charge >= 0.3 is 18.0 Å². The maximum absolute atomic E-state index is 12.0. The van der Waals surface area contributed by atoms with E-state index in [1.807, 2.05) is 0 Å². The summed E-state index contributed by atoms with van der Waals surface area (Å²) in [5.74, 6) is -1.87. The number of ether oxygens (including phenoxy) is 2. The highest BCUT2D eigenvalue weighted by atomic mass is 19.4. The Labute approximate surface area is 104 Å². The zero-order chi connectivity index (χ0) is 14.6. The van der Waals surface area contributed by atoms with Gasteiger partial charge in [0.1, 0.15) is 0 Å². The highest BCUT2D eigenvalue weighted by Gasteiger charge is 2.34. The van der Waals surface area contributed by atoms with Crippen LogP contribution in [0.5, 0.6) is 5.75 Å². The Morgan fingerprint density at radius 2 is 2.05 bits per heavy atom. The van der Waals surface area contributed by atoms with E-state index in [-0.39, 0.29) is 12.2 Å². The van der Waals surface area contributed by atoms with Gasteiger partial charge in [-0.15, -0.1) is 13.2 Å². The normalized spacial score (nSPS) is 10.9. The van der Waals surface area contributed by atoms with Crippen LogP contribution in [0.15, 0.2) is 18.2 Å². The van der Waals surface area contributed by atoms with E-state index in [4.69, 9.17) is 0 Å². The van der Waals surface area contributed by atoms with Crippen LogP contribution in [-0.2, 0) is 4.74 Å². The molecule has 1 aromatic rings. The van der Waals surface area contributed by atoms with Crippen LogP contribution in [0.1, 0.15) is 17.3 Å². The van der Waals surface area contributed by atoms with E-state index in [9.17, 15) is 28.1 Å². The fourth-order valence-electron chi connectivity index (χ4n) is 1.21. The first-order valence-electron chi connectivity index (χ1n) is 4.96. The van der Waals surface area contributed by atoms with Crippen molar-refractivity contribution in [2.45, 2.75) is 13.3 Å². The third-order valence-electron chi connectivity index (χ3n) is 1.89. The van der Waals surface area contributed by atoms with Gasteiger partial charge in [-0.3, -0.25) is 10.1 Å². The number of carbonyl (C=O) groups excluding carboxylic acids is 1. The largest absolute Gasteiger partial charge is 0.573 e. The predicted octanol–water partition coefficient (Wildman–Crippen LogP) is 2.67. The summed E-state index contributed by atoms with van der Waals surface area (Å²) in [6.07, 6.45) is -5.06. The second-order valence-corrected chi connectivity index (χ2v) is 3.21. The van der Waals surface area contributed by atoms with Crippen molar-refractivity contribution in [3.05, 3.63) is 33.9 Å². The molecule has 0 atom stereocenters. The highest BCUT2D eigenvalue weighted by molar-refractivity contribution is 5.90. The molecule has 104 valence electrons. The lowest BCUT2D eigenvalue weighted by atomic mass is 10.2. The molecule has 0 aliphatic carbocycles. The van der Waals surface area contributed by atoms with Gasteiger partial charge < -0.3 is 9.47 Å². The summed E-state index contributed by atoms with van der Waals surface area (Å²) < 4.78 is 44.2. The van der Waals surface area contributed by atoms with Crippen LogP contribution in [0.4, 0.5) is 18.9 Å². The summed E-state index contributed by atoms with van der Waals surface area (Å²) in [5, 5.41) is 10.6. The molecular weight excluding hydrogens is 271 g/mol. The number of alkyl halides is 3. The second-order valence-electron chi connectivity index (χ2n) is 3.21. The number of benzene rings is 1. The number of hydrogen-bond acceptors (Lipinski definition) is 5. The molecule has 1 rings (SSSR count). The van der Waals surface area contributed by atoms with Gasteiger partial charge in [0.25, 0.3) is 0 Å². The van der Waals surface area contributed by atoms with Gasteiger partial charge in [-0.2, -0.15) is 0 Å². The van der Waals surface area contributed by atoms with Crippen LogP contribution in [0.3, 0.4) is 0 Å². The third kappa shape index (κ3) is 4.12. The zero-order valence-corrected chi connectivity index (χ0v) is 9.56. The van der Waals surface area contributed by atoms with Gasteiger partial charge in [0.2, 0.25) is 5.75 Å². The second kappa shape index (κ2) is 5.55. The molecule has 0 saturated carbocycles. The molecule has 0 radical (unpaired) electrons. The van der Waals surface area contributed by atoms with Crippen LogP contribution in [0.2, 0.25) is 0 Å². The Balaban J connectivity index is 3.15. The predicted molar refractivity (Wildman–Crippen MR) is 55.7 cm³/mol. The molecule has 0 saturated heterocycles. The number of rotatable bonds is 4. The molecule has 6 nitrogen and oxygen atoms in total. The van der Waals surface area contributed by atoms with E-state index >= 15 is 0 Å². The molecule has 0 aliphatic heterocycles. The summed E-state index contributed by atoms with van der Waals surface area (Å²) >= 11 is 0. The molecule has 0 amide bonds. The van der Waals surface area contributed by atoms with Crippen LogP contribution >= 0.6 is 0 Å². The summed E-state index contributed by atoms with van der Waals surface area (Å²) in [5.41, 5.74) is -1.20. The lowest BCUT2D eigenvalue weighted by molar-refractivity contribution is -0.388. The third-order valence-corrected chi connectivity index (χ3v) is 1.89. The van der Waals surface area contributed by atoms with E-state index in [1.54, 1.807) is 0 Å². The SMILES string of the molecule is CCOC(=O)c1ccc(OC(F)(F)F)c([N+](=O)[O-])c1. The van der Waals surface area contributed by atoms with E-state index in [0.29, 0.717) is 12.1 Å². The molecule has 0 aliphatic rings. The molecule has 19 heavy (non-hydrogen) atoms. The van der Waals surface area contributed by atoms with Crippen molar-refractivity contribution in [3.8, 4) is 5.75 Å². The molecule has 1 aromatic carbocycles. The van der Waals surface area contributed by atoms with Crippen LogP contribution in [-0.4, -0.2) is 23.9 Å². The van der Waals surface area contributed by atoms with Gasteiger partial charge in [0.05, 0.1) is 17.1 Å². The number of nitrogens with zero attached hydrogens (tertiary/aromatic N) is 1. The average Bonchev–Trinajstić information content (AvgIpc) is 2.27. The molecule has 0 N–H and O–H groups in total. The molecule has 9 heteroatoms. The van der Waals surface area contributed by atoms with E-state index in [1.165, 1.54) is 6.92 Å². The maximum atomic E-state index is 12.0. The lowest BCUT2D eigenvalue weighted by Crippen LogP contribution is -2.18. The van der Waals surface area contributed by atoms with Crippen molar-refractivity contribution in [1.82, 2.24) is 0 Å². The first-order valence-corrected chi connectivity index (χ1v) is 4.96.